The van der Waals surface area contributed by atoms with Gasteiger partial charge >= 0.3 is 0 Å². The number of rotatable bonds is 5. The van der Waals surface area contributed by atoms with E-state index in [2.05, 4.69) is 0 Å². The molecule has 0 aliphatic heterocycles. The second-order valence-corrected chi connectivity index (χ2v) is 9.07. The molecular weight excluding hydrogens is 454 g/mol. The Hall–Kier alpha value is -1.96. The van der Waals surface area contributed by atoms with Crippen LogP contribution in [0.1, 0.15) is 22.3 Å². The Bertz CT molecular complexity index is 1020. The highest BCUT2D eigenvalue weighted by atomic mass is 35.5. The van der Waals surface area contributed by atoms with Crippen molar-refractivity contribution in [3.8, 4) is 0 Å². The van der Waals surface area contributed by atoms with Gasteiger partial charge in [-0.3, -0.25) is 0 Å². The van der Waals surface area contributed by atoms with Crippen LogP contribution in [0, 0.1) is 0 Å². The normalized spacial score (nSPS) is 12.0. The molecular formula is C26H18Cl4. The highest BCUT2D eigenvalue weighted by molar-refractivity contribution is 6.38. The van der Waals surface area contributed by atoms with Crippen molar-refractivity contribution in [1.82, 2.24) is 0 Å². The van der Waals surface area contributed by atoms with Gasteiger partial charge in [-0.2, -0.15) is 0 Å². The lowest BCUT2D eigenvalue weighted by Gasteiger charge is -2.44. The van der Waals surface area contributed by atoms with E-state index < -0.39 is 9.75 Å². The van der Waals surface area contributed by atoms with Crippen molar-refractivity contribution >= 4 is 46.4 Å². The number of halogens is 4. The predicted octanol–water partition coefficient (Wildman–Crippen LogP) is 8.66. The maximum atomic E-state index is 7.65. The van der Waals surface area contributed by atoms with Gasteiger partial charge in [0.1, 0.15) is 9.75 Å². The largest absolute Gasteiger partial charge is 0.122 e. The van der Waals surface area contributed by atoms with E-state index in [1.807, 2.05) is 109 Å². The quantitative estimate of drug-likeness (QED) is 0.255. The van der Waals surface area contributed by atoms with Crippen molar-refractivity contribution in [2.45, 2.75) is 9.75 Å². The summed E-state index contributed by atoms with van der Waals surface area (Å²) in [6.07, 6.45) is 0. The van der Waals surface area contributed by atoms with E-state index in [4.69, 9.17) is 46.4 Å². The van der Waals surface area contributed by atoms with Gasteiger partial charge in [-0.25, -0.2) is 0 Å². The third kappa shape index (κ3) is 3.63. The molecule has 0 saturated carbocycles. The van der Waals surface area contributed by atoms with Crippen LogP contribution in [-0.2, 0) is 9.75 Å². The Morgan fingerprint density at radius 2 is 0.633 bits per heavy atom. The van der Waals surface area contributed by atoms with Crippen molar-refractivity contribution in [3.63, 3.8) is 0 Å². The highest BCUT2D eigenvalue weighted by Gasteiger charge is 2.54. The van der Waals surface area contributed by atoms with E-state index in [1.54, 1.807) is 0 Å². The van der Waals surface area contributed by atoms with Gasteiger partial charge in [0.15, 0.2) is 0 Å². The fourth-order valence-electron chi connectivity index (χ4n) is 3.82. The summed E-state index contributed by atoms with van der Waals surface area (Å²) >= 11 is 27.7. The monoisotopic (exact) mass is 470 g/mol. The number of benzene rings is 4. The molecule has 4 heteroatoms. The van der Waals surface area contributed by atoms with Crippen LogP contribution in [0.4, 0.5) is 0 Å². The van der Waals surface area contributed by atoms with Crippen LogP contribution in [-0.4, -0.2) is 0 Å². The van der Waals surface area contributed by atoms with Gasteiger partial charge in [0.05, 0.1) is 0 Å². The maximum Gasteiger partial charge on any atom is 0.122 e. The summed E-state index contributed by atoms with van der Waals surface area (Å²) in [6.45, 7) is 0. The third-order valence-corrected chi connectivity index (χ3v) is 7.34. The molecule has 0 nitrogen and oxygen atoms in total. The molecule has 0 fully saturated rings. The maximum absolute atomic E-state index is 7.65. The first-order valence-corrected chi connectivity index (χ1v) is 11.0. The molecule has 0 amide bonds. The minimum absolute atomic E-state index is 0.633. The summed E-state index contributed by atoms with van der Waals surface area (Å²) in [5.41, 5.74) is 3.44. The molecule has 0 atom stereocenters. The molecule has 0 spiro atoms. The Morgan fingerprint density at radius 3 is 0.933 bits per heavy atom. The summed E-state index contributed by atoms with van der Waals surface area (Å²) in [5.74, 6) is 0. The van der Waals surface area contributed by atoms with Crippen molar-refractivity contribution in [1.29, 1.82) is 0 Å². The van der Waals surface area contributed by atoms with Gasteiger partial charge in [0.25, 0.3) is 0 Å². The van der Waals surface area contributed by atoms with Crippen molar-refractivity contribution in [3.05, 3.63) is 141 Å². The fourth-order valence-corrected chi connectivity index (χ4v) is 5.02. The van der Waals surface area contributed by atoms with E-state index in [9.17, 15) is 0 Å². The smallest absolute Gasteiger partial charge is 0.106 e. The summed E-state index contributed by atoms with van der Waals surface area (Å²) in [6, 6.07) is 34.8. The number of hydrogen-bond donors (Lipinski definition) is 0. The van der Waals surface area contributed by atoms with Crippen LogP contribution in [0.2, 0.25) is 10.0 Å². The van der Waals surface area contributed by atoms with Gasteiger partial charge in [-0.1, -0.05) is 108 Å². The van der Waals surface area contributed by atoms with Crippen LogP contribution in [0.5, 0.6) is 0 Å². The average Bonchev–Trinajstić information content (AvgIpc) is 2.80. The second-order valence-electron chi connectivity index (χ2n) is 7.06. The van der Waals surface area contributed by atoms with Crippen LogP contribution in [0.25, 0.3) is 0 Å². The predicted molar refractivity (Wildman–Crippen MR) is 129 cm³/mol. The van der Waals surface area contributed by atoms with E-state index in [-0.39, 0.29) is 0 Å². The number of hydrogen-bond acceptors (Lipinski definition) is 0. The Morgan fingerprint density at radius 1 is 0.367 bits per heavy atom. The minimum Gasteiger partial charge on any atom is -0.106 e. The molecule has 0 aliphatic carbocycles. The van der Waals surface area contributed by atoms with Gasteiger partial charge < -0.3 is 0 Å². The van der Waals surface area contributed by atoms with E-state index in [1.165, 1.54) is 0 Å². The molecule has 4 aromatic rings. The lowest BCUT2D eigenvalue weighted by Crippen LogP contribution is -2.43. The first-order valence-electron chi connectivity index (χ1n) is 9.47. The van der Waals surface area contributed by atoms with E-state index in [0.29, 0.717) is 10.0 Å². The van der Waals surface area contributed by atoms with Crippen LogP contribution in [0.15, 0.2) is 109 Å². The first kappa shape index (κ1) is 21.3. The zero-order chi connectivity index (χ0) is 21.2. The second kappa shape index (κ2) is 8.65. The fraction of sp³-hybridized carbons (Fsp3) is 0.0769. The molecule has 0 bridgehead atoms. The number of alkyl halides is 2. The van der Waals surface area contributed by atoms with Gasteiger partial charge in [0.2, 0.25) is 0 Å². The molecule has 4 rings (SSSR count). The first-order chi connectivity index (χ1) is 14.5. The zero-order valence-corrected chi connectivity index (χ0v) is 18.9. The molecule has 0 unspecified atom stereocenters. The van der Waals surface area contributed by atoms with Gasteiger partial charge in [-0.05, 0) is 46.5 Å². The van der Waals surface area contributed by atoms with Crippen LogP contribution in [0.3, 0.4) is 0 Å². The van der Waals surface area contributed by atoms with Crippen molar-refractivity contribution in [2.24, 2.45) is 0 Å². The summed E-state index contributed by atoms with van der Waals surface area (Å²) < 4.78 is 0. The van der Waals surface area contributed by atoms with Crippen LogP contribution < -0.4 is 0 Å². The molecule has 0 aromatic heterocycles. The molecule has 4 aromatic carbocycles. The summed E-state index contributed by atoms with van der Waals surface area (Å²) in [4.78, 5) is -2.26. The minimum atomic E-state index is -1.15. The molecule has 0 aliphatic rings. The SMILES string of the molecule is Clc1ccc(C(Cl)(c2ccc(Cl)cc2)C(Cl)(c2ccccc2)c2ccccc2)cc1. The Labute approximate surface area is 197 Å². The van der Waals surface area contributed by atoms with Crippen LogP contribution >= 0.6 is 46.4 Å². The molecule has 150 valence electrons. The molecule has 0 N–H and O–H groups in total. The van der Waals surface area contributed by atoms with Crippen molar-refractivity contribution in [2.75, 3.05) is 0 Å². The summed E-state index contributed by atoms with van der Waals surface area (Å²) in [7, 11) is 0. The third-order valence-electron chi connectivity index (χ3n) is 5.30. The lowest BCUT2D eigenvalue weighted by atomic mass is 9.72. The Balaban J connectivity index is 2.08. The van der Waals surface area contributed by atoms with Crippen molar-refractivity contribution < 1.29 is 0 Å². The molecule has 0 heterocycles. The van der Waals surface area contributed by atoms with E-state index in [0.717, 1.165) is 22.3 Å². The highest BCUT2D eigenvalue weighted by Crippen LogP contribution is 2.58. The van der Waals surface area contributed by atoms with E-state index >= 15 is 0 Å². The lowest BCUT2D eigenvalue weighted by molar-refractivity contribution is 0.561. The average molecular weight is 472 g/mol. The molecule has 30 heavy (non-hydrogen) atoms. The molecule has 0 radical (unpaired) electrons. The van der Waals surface area contributed by atoms with Gasteiger partial charge in [0, 0.05) is 10.0 Å². The topological polar surface area (TPSA) is 0 Å². The Kier molecular flexibility index (Phi) is 6.14. The zero-order valence-electron chi connectivity index (χ0n) is 15.9. The summed E-state index contributed by atoms with van der Waals surface area (Å²) in [5, 5.41) is 1.27. The molecule has 0 saturated heterocycles. The van der Waals surface area contributed by atoms with Gasteiger partial charge in [-0.15, -0.1) is 23.2 Å². The standard InChI is InChI=1S/C26H18Cl4/c27-23-15-11-21(12-16-23)26(30,22-13-17-24(28)18-14-22)25(29,19-7-3-1-4-8-19)20-9-5-2-6-10-20/h1-18H.